The fraction of sp³-hybridized carbons (Fsp3) is 0.0833. The molecule has 2 rings (SSSR count). The van der Waals surface area contributed by atoms with E-state index in [1.807, 2.05) is 23.6 Å². The molecule has 0 bridgehead atoms. The first-order valence-electron chi connectivity index (χ1n) is 4.77. The SMILES string of the molecule is O=C(Cc1cc(Br)cs1)c1ccc(I)c(Cl)c1. The molecule has 0 atom stereocenters. The van der Waals surface area contributed by atoms with Gasteiger partial charge in [0.1, 0.15) is 0 Å². The summed E-state index contributed by atoms with van der Waals surface area (Å²) in [5.74, 6) is 0.0950. The molecule has 1 heterocycles. The number of ketones is 1. The molecule has 0 aliphatic carbocycles. The van der Waals surface area contributed by atoms with Gasteiger partial charge >= 0.3 is 0 Å². The van der Waals surface area contributed by atoms with E-state index in [0.717, 1.165) is 12.9 Å². The van der Waals surface area contributed by atoms with Crippen LogP contribution in [0.5, 0.6) is 0 Å². The maximum Gasteiger partial charge on any atom is 0.168 e. The van der Waals surface area contributed by atoms with Crippen LogP contribution in [0.4, 0.5) is 0 Å². The summed E-state index contributed by atoms with van der Waals surface area (Å²) >= 11 is 13.1. The fourth-order valence-electron chi connectivity index (χ4n) is 1.38. The quantitative estimate of drug-likeness (QED) is 0.473. The molecule has 0 fully saturated rings. The highest BCUT2D eigenvalue weighted by Gasteiger charge is 2.10. The van der Waals surface area contributed by atoms with Gasteiger partial charge in [-0.2, -0.15) is 0 Å². The topological polar surface area (TPSA) is 17.1 Å². The maximum absolute atomic E-state index is 12.0. The zero-order chi connectivity index (χ0) is 12.4. The molecule has 0 aliphatic rings. The van der Waals surface area contributed by atoms with Crippen molar-refractivity contribution < 1.29 is 4.79 Å². The summed E-state index contributed by atoms with van der Waals surface area (Å²) in [6.07, 6.45) is 0.424. The Morgan fingerprint density at radius 1 is 1.41 bits per heavy atom. The Morgan fingerprint density at radius 2 is 2.18 bits per heavy atom. The Hall–Kier alpha value is 0.0900. The number of carbonyl (C=O) groups is 1. The van der Waals surface area contributed by atoms with Crippen LogP contribution in [0.1, 0.15) is 15.2 Å². The minimum atomic E-state index is 0.0950. The zero-order valence-electron chi connectivity index (χ0n) is 8.54. The third kappa shape index (κ3) is 3.53. The highest BCUT2D eigenvalue weighted by atomic mass is 127. The van der Waals surface area contributed by atoms with E-state index in [9.17, 15) is 4.79 Å². The Kier molecular flexibility index (Phi) is 4.63. The third-order valence-electron chi connectivity index (χ3n) is 2.20. The molecule has 0 saturated heterocycles. The minimum absolute atomic E-state index is 0.0950. The van der Waals surface area contributed by atoms with Crippen LogP contribution in [0.2, 0.25) is 5.02 Å². The summed E-state index contributed by atoms with van der Waals surface area (Å²) in [7, 11) is 0. The van der Waals surface area contributed by atoms with Crippen molar-refractivity contribution in [3.63, 3.8) is 0 Å². The first-order valence-corrected chi connectivity index (χ1v) is 7.90. The Morgan fingerprint density at radius 3 is 2.76 bits per heavy atom. The van der Waals surface area contributed by atoms with Gasteiger partial charge < -0.3 is 0 Å². The molecule has 2 aromatic rings. The molecule has 1 aromatic heterocycles. The lowest BCUT2D eigenvalue weighted by Gasteiger charge is -2.01. The van der Waals surface area contributed by atoms with E-state index < -0.39 is 0 Å². The summed E-state index contributed by atoms with van der Waals surface area (Å²) < 4.78 is 1.98. The first-order chi connectivity index (χ1) is 8.06. The van der Waals surface area contributed by atoms with Gasteiger partial charge in [-0.05, 0) is 56.7 Å². The van der Waals surface area contributed by atoms with E-state index in [-0.39, 0.29) is 5.78 Å². The Balaban J connectivity index is 2.17. The summed E-state index contributed by atoms with van der Waals surface area (Å²) in [5, 5.41) is 2.60. The van der Waals surface area contributed by atoms with Gasteiger partial charge in [-0.3, -0.25) is 4.79 Å². The molecule has 5 heteroatoms. The van der Waals surface area contributed by atoms with E-state index >= 15 is 0 Å². The van der Waals surface area contributed by atoms with E-state index in [0.29, 0.717) is 17.0 Å². The average Bonchev–Trinajstić information content (AvgIpc) is 2.68. The average molecular weight is 442 g/mol. The number of hydrogen-bond donors (Lipinski definition) is 0. The fourth-order valence-corrected chi connectivity index (χ4v) is 3.34. The van der Waals surface area contributed by atoms with Crippen LogP contribution in [0, 0.1) is 3.57 Å². The van der Waals surface area contributed by atoms with Crippen molar-refractivity contribution in [2.45, 2.75) is 6.42 Å². The van der Waals surface area contributed by atoms with Crippen LogP contribution in [-0.2, 0) is 6.42 Å². The van der Waals surface area contributed by atoms with Crippen LogP contribution in [-0.4, -0.2) is 5.78 Å². The van der Waals surface area contributed by atoms with Crippen LogP contribution in [0.15, 0.2) is 34.1 Å². The van der Waals surface area contributed by atoms with Crippen molar-refractivity contribution in [3.05, 3.63) is 53.2 Å². The molecule has 0 unspecified atom stereocenters. The zero-order valence-corrected chi connectivity index (χ0v) is 13.9. The maximum atomic E-state index is 12.0. The van der Waals surface area contributed by atoms with Crippen LogP contribution >= 0.6 is 61.5 Å². The lowest BCUT2D eigenvalue weighted by atomic mass is 10.1. The van der Waals surface area contributed by atoms with Crippen molar-refractivity contribution >= 4 is 67.2 Å². The number of hydrogen-bond acceptors (Lipinski definition) is 2. The monoisotopic (exact) mass is 440 g/mol. The summed E-state index contributed by atoms with van der Waals surface area (Å²) in [5.41, 5.74) is 0.667. The third-order valence-corrected chi connectivity index (χ3v) is 5.47. The molecule has 0 radical (unpaired) electrons. The van der Waals surface area contributed by atoms with Gasteiger partial charge in [0.2, 0.25) is 0 Å². The molecule has 88 valence electrons. The van der Waals surface area contributed by atoms with E-state index in [4.69, 9.17) is 11.6 Å². The molecule has 0 aliphatic heterocycles. The van der Waals surface area contributed by atoms with Crippen molar-refractivity contribution in [1.29, 1.82) is 0 Å². The molecule has 0 amide bonds. The Labute approximate surface area is 130 Å². The minimum Gasteiger partial charge on any atom is -0.294 e. The summed E-state index contributed by atoms with van der Waals surface area (Å²) in [6.45, 7) is 0. The number of halogens is 3. The van der Waals surface area contributed by atoms with Gasteiger partial charge in [-0.1, -0.05) is 17.7 Å². The highest BCUT2D eigenvalue weighted by molar-refractivity contribution is 14.1. The molecule has 0 saturated carbocycles. The van der Waals surface area contributed by atoms with Crippen LogP contribution < -0.4 is 0 Å². The molecule has 17 heavy (non-hydrogen) atoms. The molecule has 1 aromatic carbocycles. The number of Topliss-reactive ketones (excluding diaryl/α,β-unsaturated/α-hetero) is 1. The van der Waals surface area contributed by atoms with Gasteiger partial charge in [-0.15, -0.1) is 11.3 Å². The second-order valence-corrected chi connectivity index (χ2v) is 6.94. The van der Waals surface area contributed by atoms with Crippen molar-refractivity contribution in [3.8, 4) is 0 Å². The summed E-state index contributed by atoms with van der Waals surface area (Å²) in [4.78, 5) is 13.1. The Bertz CT molecular complexity index is 567. The lowest BCUT2D eigenvalue weighted by molar-refractivity contribution is 0.0994. The van der Waals surface area contributed by atoms with E-state index in [1.54, 1.807) is 17.4 Å². The van der Waals surface area contributed by atoms with Gasteiger partial charge in [0.25, 0.3) is 0 Å². The molecular weight excluding hydrogens is 434 g/mol. The predicted octanol–water partition coefficient (Wildman–Crippen LogP) is 5.19. The van der Waals surface area contributed by atoms with Gasteiger partial charge in [0, 0.05) is 30.3 Å². The number of benzene rings is 1. The number of rotatable bonds is 3. The first kappa shape index (κ1) is 13.5. The second-order valence-electron chi connectivity index (χ2n) is 3.46. The molecular formula is C12H7BrClIOS. The van der Waals surface area contributed by atoms with Crippen molar-refractivity contribution in [1.82, 2.24) is 0 Å². The van der Waals surface area contributed by atoms with Crippen LogP contribution in [0.3, 0.4) is 0 Å². The van der Waals surface area contributed by atoms with Gasteiger partial charge in [-0.25, -0.2) is 0 Å². The molecule has 1 nitrogen and oxygen atoms in total. The molecule has 0 spiro atoms. The molecule has 0 N–H and O–H groups in total. The van der Waals surface area contributed by atoms with Crippen molar-refractivity contribution in [2.75, 3.05) is 0 Å². The van der Waals surface area contributed by atoms with E-state index in [2.05, 4.69) is 38.5 Å². The van der Waals surface area contributed by atoms with Crippen molar-refractivity contribution in [2.24, 2.45) is 0 Å². The number of thiophene rings is 1. The number of carbonyl (C=O) groups excluding carboxylic acids is 1. The van der Waals surface area contributed by atoms with E-state index in [1.165, 1.54) is 0 Å². The smallest absolute Gasteiger partial charge is 0.168 e. The predicted molar refractivity (Wildman–Crippen MR) is 84.2 cm³/mol. The van der Waals surface area contributed by atoms with Crippen LogP contribution in [0.25, 0.3) is 0 Å². The van der Waals surface area contributed by atoms with Gasteiger partial charge in [0.15, 0.2) is 5.78 Å². The largest absolute Gasteiger partial charge is 0.294 e. The highest BCUT2D eigenvalue weighted by Crippen LogP contribution is 2.23. The standard InChI is InChI=1S/C12H7BrClIOS/c13-8-4-9(17-6-8)5-12(16)7-1-2-11(15)10(14)3-7/h1-4,6H,5H2. The summed E-state index contributed by atoms with van der Waals surface area (Å²) in [6, 6.07) is 7.38. The second kappa shape index (κ2) is 5.82. The van der Waals surface area contributed by atoms with Gasteiger partial charge in [0.05, 0.1) is 5.02 Å². The normalized spacial score (nSPS) is 10.5. The lowest BCUT2D eigenvalue weighted by Crippen LogP contribution is -2.02.